The van der Waals surface area contributed by atoms with Gasteiger partial charge in [0.15, 0.2) is 5.84 Å². The van der Waals surface area contributed by atoms with Crippen molar-refractivity contribution in [3.63, 3.8) is 0 Å². The summed E-state index contributed by atoms with van der Waals surface area (Å²) in [5.41, 5.74) is 5.64. The number of nitrogens with two attached hydrogens (primary N) is 1. The van der Waals surface area contributed by atoms with Gasteiger partial charge >= 0.3 is 0 Å². The topological polar surface area (TPSA) is 101 Å². The molecule has 0 atom stereocenters. The van der Waals surface area contributed by atoms with E-state index in [0.717, 1.165) is 18.5 Å². The zero-order chi connectivity index (χ0) is 15.7. The number of carbonyl (C=O) groups excluding carboxylic acids is 1. The highest BCUT2D eigenvalue weighted by Gasteiger charge is 2.41. The van der Waals surface area contributed by atoms with Gasteiger partial charge in [-0.3, -0.25) is 9.78 Å². The number of carbonyl (C=O) groups is 1. The zero-order valence-corrected chi connectivity index (χ0v) is 12.7. The molecule has 1 aromatic heterocycles. The Morgan fingerprint density at radius 2 is 2.05 bits per heavy atom. The second-order valence-electron chi connectivity index (χ2n) is 5.07. The summed E-state index contributed by atoms with van der Waals surface area (Å²) in [5, 5.41) is 15.0. The molecule has 0 aliphatic rings. The molecule has 1 aromatic rings. The molecule has 0 unspecified atom stereocenters. The predicted molar refractivity (Wildman–Crippen MR) is 81.7 cm³/mol. The van der Waals surface area contributed by atoms with Crippen LogP contribution < -0.4 is 11.1 Å². The molecule has 0 aliphatic heterocycles. The summed E-state index contributed by atoms with van der Waals surface area (Å²) in [4.78, 5) is 16.8. The van der Waals surface area contributed by atoms with Gasteiger partial charge in [-0.15, -0.1) is 0 Å². The third kappa shape index (κ3) is 4.18. The highest BCUT2D eigenvalue weighted by molar-refractivity contribution is 6.06. The largest absolute Gasteiger partial charge is 0.409 e. The fourth-order valence-corrected chi connectivity index (χ4v) is 2.52. The molecule has 6 heteroatoms. The van der Waals surface area contributed by atoms with Gasteiger partial charge in [0.2, 0.25) is 5.91 Å². The number of oxime groups is 1. The van der Waals surface area contributed by atoms with Crippen LogP contribution in [0.15, 0.2) is 29.6 Å². The third-order valence-electron chi connectivity index (χ3n) is 3.54. The molecule has 0 saturated carbocycles. The molecular formula is C15H24N4O2. The highest BCUT2D eigenvalue weighted by Crippen LogP contribution is 2.30. The molecule has 0 fully saturated rings. The fraction of sp³-hybridized carbons (Fsp3) is 0.533. The van der Waals surface area contributed by atoms with Gasteiger partial charge in [0.25, 0.3) is 0 Å². The van der Waals surface area contributed by atoms with E-state index in [2.05, 4.69) is 15.5 Å². The average Bonchev–Trinajstić information content (AvgIpc) is 2.52. The van der Waals surface area contributed by atoms with E-state index in [0.29, 0.717) is 19.4 Å². The first-order valence-corrected chi connectivity index (χ1v) is 7.27. The number of pyridine rings is 1. The summed E-state index contributed by atoms with van der Waals surface area (Å²) in [6.45, 7) is 4.27. The first-order valence-electron chi connectivity index (χ1n) is 7.27. The summed E-state index contributed by atoms with van der Waals surface area (Å²) < 4.78 is 0. The van der Waals surface area contributed by atoms with Gasteiger partial charge in [0.1, 0.15) is 5.41 Å². The minimum Gasteiger partial charge on any atom is -0.409 e. The van der Waals surface area contributed by atoms with Crippen molar-refractivity contribution in [1.29, 1.82) is 0 Å². The molecule has 1 amide bonds. The van der Waals surface area contributed by atoms with E-state index in [1.807, 2.05) is 32.0 Å². The van der Waals surface area contributed by atoms with Crippen molar-refractivity contribution >= 4 is 11.7 Å². The molecule has 1 rings (SSSR count). The van der Waals surface area contributed by atoms with Gasteiger partial charge in [0.05, 0.1) is 12.2 Å². The summed E-state index contributed by atoms with van der Waals surface area (Å²) >= 11 is 0. The summed E-state index contributed by atoms with van der Waals surface area (Å²) in [5.74, 6) is -0.239. The molecule has 6 nitrogen and oxygen atoms in total. The van der Waals surface area contributed by atoms with Crippen molar-refractivity contribution in [2.45, 2.75) is 46.1 Å². The standard InChI is InChI=1S/C15H24N4O2/c1-3-8-15(9-4-2,13(16)19-21)14(20)18-11-12-7-5-6-10-17-12/h5-7,10,21H,3-4,8-9,11H2,1-2H3,(H2,16,19)(H,18,20). The van der Waals surface area contributed by atoms with Crippen LogP contribution in [0.1, 0.15) is 45.2 Å². The molecule has 0 aliphatic carbocycles. The van der Waals surface area contributed by atoms with Crippen molar-refractivity contribution in [1.82, 2.24) is 10.3 Å². The second-order valence-corrected chi connectivity index (χ2v) is 5.07. The lowest BCUT2D eigenvalue weighted by Crippen LogP contribution is -2.49. The van der Waals surface area contributed by atoms with Crippen molar-refractivity contribution in [2.75, 3.05) is 0 Å². The number of hydrogen-bond acceptors (Lipinski definition) is 4. The lowest BCUT2D eigenvalue weighted by Gasteiger charge is -2.30. The Morgan fingerprint density at radius 1 is 1.38 bits per heavy atom. The third-order valence-corrected chi connectivity index (χ3v) is 3.54. The summed E-state index contributed by atoms with van der Waals surface area (Å²) in [7, 11) is 0. The number of rotatable bonds is 8. The number of nitrogens with one attached hydrogen (secondary N) is 1. The first kappa shape index (κ1) is 16.9. The molecule has 0 aromatic carbocycles. The van der Waals surface area contributed by atoms with Crippen LogP contribution in [0.3, 0.4) is 0 Å². The minimum absolute atomic E-state index is 0.0234. The van der Waals surface area contributed by atoms with Crippen LogP contribution in [-0.2, 0) is 11.3 Å². The molecule has 0 radical (unpaired) electrons. The Hall–Kier alpha value is -2.11. The number of hydrogen-bond donors (Lipinski definition) is 3. The van der Waals surface area contributed by atoms with Crippen LogP contribution in [0.25, 0.3) is 0 Å². The van der Waals surface area contributed by atoms with Gasteiger partial charge < -0.3 is 16.3 Å². The normalized spacial score (nSPS) is 12.2. The van der Waals surface area contributed by atoms with Crippen molar-refractivity contribution in [2.24, 2.45) is 16.3 Å². The van der Waals surface area contributed by atoms with Crippen molar-refractivity contribution in [3.05, 3.63) is 30.1 Å². The van der Waals surface area contributed by atoms with Crippen LogP contribution in [0.5, 0.6) is 0 Å². The number of amides is 1. The van der Waals surface area contributed by atoms with Gasteiger partial charge in [-0.1, -0.05) is 37.9 Å². The highest BCUT2D eigenvalue weighted by atomic mass is 16.4. The van der Waals surface area contributed by atoms with E-state index in [1.54, 1.807) is 6.20 Å². The van der Waals surface area contributed by atoms with E-state index in [-0.39, 0.29) is 11.7 Å². The van der Waals surface area contributed by atoms with Gasteiger partial charge in [-0.2, -0.15) is 0 Å². The van der Waals surface area contributed by atoms with Crippen LogP contribution in [0, 0.1) is 5.41 Å². The number of aromatic nitrogens is 1. The van der Waals surface area contributed by atoms with Crippen LogP contribution >= 0.6 is 0 Å². The number of nitrogens with zero attached hydrogens (tertiary/aromatic N) is 2. The molecule has 0 spiro atoms. The lowest BCUT2D eigenvalue weighted by atomic mass is 9.77. The van der Waals surface area contributed by atoms with E-state index in [9.17, 15) is 4.79 Å². The quantitative estimate of drug-likeness (QED) is 0.295. The lowest BCUT2D eigenvalue weighted by molar-refractivity contribution is -0.128. The maximum atomic E-state index is 12.6. The van der Waals surface area contributed by atoms with E-state index < -0.39 is 5.41 Å². The Morgan fingerprint density at radius 3 is 2.52 bits per heavy atom. The second kappa shape index (κ2) is 8.24. The molecule has 116 valence electrons. The zero-order valence-electron chi connectivity index (χ0n) is 12.7. The maximum Gasteiger partial charge on any atom is 0.234 e. The summed E-state index contributed by atoms with van der Waals surface area (Å²) in [6, 6.07) is 5.52. The van der Waals surface area contributed by atoms with E-state index in [4.69, 9.17) is 10.9 Å². The average molecular weight is 292 g/mol. The van der Waals surface area contributed by atoms with E-state index >= 15 is 0 Å². The molecule has 21 heavy (non-hydrogen) atoms. The molecule has 1 heterocycles. The summed E-state index contributed by atoms with van der Waals surface area (Å²) in [6.07, 6.45) is 4.31. The molecule has 4 N–H and O–H groups in total. The Bertz CT molecular complexity index is 468. The fourth-order valence-electron chi connectivity index (χ4n) is 2.52. The van der Waals surface area contributed by atoms with Gasteiger partial charge in [0, 0.05) is 6.20 Å². The minimum atomic E-state index is -0.951. The Balaban J connectivity index is 2.88. The SMILES string of the molecule is CCCC(CCC)(C(=O)NCc1ccccn1)C(N)=NO. The van der Waals surface area contributed by atoms with Crippen LogP contribution in [-0.4, -0.2) is 21.9 Å². The van der Waals surface area contributed by atoms with Gasteiger partial charge in [-0.05, 0) is 25.0 Å². The first-order chi connectivity index (χ1) is 10.1. The molecule has 0 bridgehead atoms. The van der Waals surface area contributed by atoms with Crippen molar-refractivity contribution < 1.29 is 10.0 Å². The van der Waals surface area contributed by atoms with Crippen LogP contribution in [0.2, 0.25) is 0 Å². The monoisotopic (exact) mass is 292 g/mol. The van der Waals surface area contributed by atoms with Gasteiger partial charge in [-0.25, -0.2) is 0 Å². The van der Waals surface area contributed by atoms with E-state index in [1.165, 1.54) is 0 Å². The molecular weight excluding hydrogens is 268 g/mol. The maximum absolute atomic E-state index is 12.6. The van der Waals surface area contributed by atoms with Crippen molar-refractivity contribution in [3.8, 4) is 0 Å². The Labute approximate surface area is 125 Å². The Kier molecular flexibility index (Phi) is 6.65. The van der Waals surface area contributed by atoms with Crippen LogP contribution in [0.4, 0.5) is 0 Å². The smallest absolute Gasteiger partial charge is 0.234 e. The number of amidine groups is 1. The molecule has 0 saturated heterocycles. The predicted octanol–water partition coefficient (Wildman–Crippen LogP) is 2.03.